The highest BCUT2D eigenvalue weighted by Crippen LogP contribution is 2.43. The lowest BCUT2D eigenvalue weighted by molar-refractivity contribution is 0.669. The van der Waals surface area contributed by atoms with Crippen LogP contribution in [0.4, 0.5) is 0 Å². The molecule has 0 bridgehead atoms. The summed E-state index contributed by atoms with van der Waals surface area (Å²) in [7, 11) is 0. The molecule has 0 N–H and O–H groups in total. The van der Waals surface area contributed by atoms with Gasteiger partial charge < -0.3 is 4.42 Å². The van der Waals surface area contributed by atoms with Crippen molar-refractivity contribution in [1.29, 1.82) is 0 Å². The second kappa shape index (κ2) is 13.3. The third kappa shape index (κ3) is 5.42. The first kappa shape index (κ1) is 33.2. The highest BCUT2D eigenvalue weighted by atomic mass is 16.3. The Bertz CT molecular complexity index is 3620. The molecule has 0 spiro atoms. The van der Waals surface area contributed by atoms with E-state index in [1.807, 2.05) is 18.2 Å². The van der Waals surface area contributed by atoms with Gasteiger partial charge in [-0.2, -0.15) is 0 Å². The summed E-state index contributed by atoms with van der Waals surface area (Å²) in [5.74, 6) is 1.74. The Balaban J connectivity index is 1.13. The first-order valence-corrected chi connectivity index (χ1v) is 19.9. The number of nitrogens with zero attached hydrogens (tertiary/aromatic N) is 3. The molecule has 0 amide bonds. The molecule has 0 saturated heterocycles. The molecule has 12 rings (SSSR count). The average Bonchev–Trinajstić information content (AvgIpc) is 3.70. The Labute approximate surface area is 339 Å². The SMILES string of the molecule is c1ccc2c(-c3ccc(-c4nc(-c5c(-c6cc7ccccc7c7ccccc67)ccc6ccccc56)nc(-c5cccc6c5oc5ccccc56)n4)cc3)cccc2c1. The number of benzene rings is 10. The standard InChI is InChI=1S/C55H33N3O/c1-4-17-39-34(13-1)16-11-23-40(39)36-27-29-37(30-28-36)53-56-54(48-25-12-24-47-45-22-9-10-26-50(45)59-52(47)48)58-55(57-53)51-42-19-6-2-14-35(42)31-32-46(51)49-33-38-15-3-5-18-41(38)43-20-7-8-21-44(43)49/h1-33H. The summed E-state index contributed by atoms with van der Waals surface area (Å²) in [5.41, 5.74) is 8.75. The number of fused-ring (bicyclic) bond motifs is 8. The van der Waals surface area contributed by atoms with Gasteiger partial charge in [-0.3, -0.25) is 0 Å². The first-order valence-electron chi connectivity index (χ1n) is 19.9. The quantitative estimate of drug-likeness (QED) is 0.164. The van der Waals surface area contributed by atoms with Crippen LogP contribution in [-0.4, -0.2) is 15.0 Å². The summed E-state index contributed by atoms with van der Waals surface area (Å²) in [5, 5.41) is 11.5. The fraction of sp³-hybridized carbons (Fsp3) is 0. The molecule has 4 nitrogen and oxygen atoms in total. The van der Waals surface area contributed by atoms with Crippen LogP contribution in [-0.2, 0) is 0 Å². The van der Waals surface area contributed by atoms with Crippen molar-refractivity contribution >= 4 is 65.0 Å². The molecule has 0 aliphatic carbocycles. The van der Waals surface area contributed by atoms with Crippen molar-refractivity contribution in [1.82, 2.24) is 15.0 Å². The van der Waals surface area contributed by atoms with Crippen molar-refractivity contribution in [2.45, 2.75) is 0 Å². The molecule has 10 aromatic carbocycles. The number of aromatic nitrogens is 3. The smallest absolute Gasteiger partial charge is 0.167 e. The third-order valence-corrected chi connectivity index (χ3v) is 11.7. The largest absolute Gasteiger partial charge is 0.455 e. The van der Waals surface area contributed by atoms with Crippen LogP contribution in [0.15, 0.2) is 205 Å². The Morgan fingerprint density at radius 2 is 0.847 bits per heavy atom. The van der Waals surface area contributed by atoms with Gasteiger partial charge in [-0.1, -0.05) is 182 Å². The van der Waals surface area contributed by atoms with E-state index in [2.05, 4.69) is 182 Å². The van der Waals surface area contributed by atoms with Crippen LogP contribution >= 0.6 is 0 Å². The molecule has 2 aromatic heterocycles. The van der Waals surface area contributed by atoms with Crippen LogP contribution in [0.3, 0.4) is 0 Å². The van der Waals surface area contributed by atoms with Crippen LogP contribution in [0.25, 0.3) is 121 Å². The van der Waals surface area contributed by atoms with Gasteiger partial charge in [-0.05, 0) is 83.5 Å². The molecule has 0 radical (unpaired) electrons. The van der Waals surface area contributed by atoms with E-state index in [0.717, 1.165) is 66.1 Å². The lowest BCUT2D eigenvalue weighted by atomic mass is 9.88. The average molecular weight is 752 g/mol. The Hall–Kier alpha value is -7.95. The monoisotopic (exact) mass is 751 g/mol. The molecule has 59 heavy (non-hydrogen) atoms. The molecular formula is C55H33N3O. The van der Waals surface area contributed by atoms with Gasteiger partial charge in [0, 0.05) is 21.9 Å². The van der Waals surface area contributed by atoms with E-state index in [1.165, 1.54) is 37.9 Å². The molecule has 0 aliphatic heterocycles. The molecule has 0 aliphatic rings. The van der Waals surface area contributed by atoms with Crippen molar-refractivity contribution in [3.63, 3.8) is 0 Å². The zero-order valence-electron chi connectivity index (χ0n) is 31.8. The zero-order valence-corrected chi connectivity index (χ0v) is 31.8. The molecule has 274 valence electrons. The second-order valence-corrected chi connectivity index (χ2v) is 15.1. The summed E-state index contributed by atoms with van der Waals surface area (Å²) >= 11 is 0. The number of furan rings is 1. The third-order valence-electron chi connectivity index (χ3n) is 11.7. The van der Waals surface area contributed by atoms with Crippen molar-refractivity contribution in [3.8, 4) is 56.4 Å². The van der Waals surface area contributed by atoms with Crippen molar-refractivity contribution < 1.29 is 4.42 Å². The van der Waals surface area contributed by atoms with E-state index < -0.39 is 0 Å². The van der Waals surface area contributed by atoms with Gasteiger partial charge in [0.05, 0.1) is 5.56 Å². The molecule has 4 heteroatoms. The maximum absolute atomic E-state index is 6.58. The number of rotatable bonds is 5. The Kier molecular flexibility index (Phi) is 7.50. The van der Waals surface area contributed by atoms with Gasteiger partial charge in [-0.25, -0.2) is 15.0 Å². The molecule has 0 atom stereocenters. The van der Waals surface area contributed by atoms with Crippen molar-refractivity contribution in [2.75, 3.05) is 0 Å². The lowest BCUT2D eigenvalue weighted by Gasteiger charge is -2.17. The summed E-state index contributed by atoms with van der Waals surface area (Å²) in [6.45, 7) is 0. The fourth-order valence-electron chi connectivity index (χ4n) is 8.95. The predicted molar refractivity (Wildman–Crippen MR) is 244 cm³/mol. The van der Waals surface area contributed by atoms with E-state index in [4.69, 9.17) is 19.4 Å². The number of hydrogen-bond donors (Lipinski definition) is 0. The minimum atomic E-state index is 0.551. The molecule has 0 fully saturated rings. The topological polar surface area (TPSA) is 51.8 Å². The predicted octanol–water partition coefficient (Wildman–Crippen LogP) is 14.7. The minimum absolute atomic E-state index is 0.551. The Morgan fingerprint density at radius 3 is 1.68 bits per heavy atom. The maximum Gasteiger partial charge on any atom is 0.167 e. The molecular weight excluding hydrogens is 719 g/mol. The van der Waals surface area contributed by atoms with Crippen LogP contribution in [0, 0.1) is 0 Å². The van der Waals surface area contributed by atoms with Crippen LogP contribution in [0.1, 0.15) is 0 Å². The van der Waals surface area contributed by atoms with Crippen LogP contribution < -0.4 is 0 Å². The van der Waals surface area contributed by atoms with E-state index in [-0.39, 0.29) is 0 Å². The Morgan fingerprint density at radius 1 is 0.288 bits per heavy atom. The lowest BCUT2D eigenvalue weighted by Crippen LogP contribution is -2.02. The first-order chi connectivity index (χ1) is 29.2. The fourth-order valence-corrected chi connectivity index (χ4v) is 8.95. The zero-order chi connectivity index (χ0) is 38.9. The van der Waals surface area contributed by atoms with Crippen molar-refractivity contribution in [2.24, 2.45) is 0 Å². The van der Waals surface area contributed by atoms with Gasteiger partial charge in [0.25, 0.3) is 0 Å². The van der Waals surface area contributed by atoms with Gasteiger partial charge in [0.2, 0.25) is 0 Å². The molecule has 0 unspecified atom stereocenters. The maximum atomic E-state index is 6.58. The summed E-state index contributed by atoms with van der Waals surface area (Å²) in [6.07, 6.45) is 0. The second-order valence-electron chi connectivity index (χ2n) is 15.1. The van der Waals surface area contributed by atoms with E-state index >= 15 is 0 Å². The molecule has 2 heterocycles. The van der Waals surface area contributed by atoms with Gasteiger partial charge in [-0.15, -0.1) is 0 Å². The number of para-hydroxylation sites is 2. The highest BCUT2D eigenvalue weighted by Gasteiger charge is 2.22. The number of hydrogen-bond acceptors (Lipinski definition) is 4. The summed E-state index contributed by atoms with van der Waals surface area (Å²) in [6, 6.07) is 70.5. The minimum Gasteiger partial charge on any atom is -0.455 e. The van der Waals surface area contributed by atoms with Crippen LogP contribution in [0.2, 0.25) is 0 Å². The van der Waals surface area contributed by atoms with Gasteiger partial charge in [0.15, 0.2) is 17.5 Å². The van der Waals surface area contributed by atoms with E-state index in [0.29, 0.717) is 17.5 Å². The molecule has 12 aromatic rings. The molecule has 0 saturated carbocycles. The summed E-state index contributed by atoms with van der Waals surface area (Å²) < 4.78 is 6.58. The van der Waals surface area contributed by atoms with E-state index in [1.54, 1.807) is 0 Å². The van der Waals surface area contributed by atoms with Gasteiger partial charge in [0.1, 0.15) is 11.2 Å². The van der Waals surface area contributed by atoms with Gasteiger partial charge >= 0.3 is 0 Å². The highest BCUT2D eigenvalue weighted by molar-refractivity contribution is 6.16. The van der Waals surface area contributed by atoms with E-state index in [9.17, 15) is 0 Å². The van der Waals surface area contributed by atoms with Crippen LogP contribution in [0.5, 0.6) is 0 Å². The van der Waals surface area contributed by atoms with Crippen molar-refractivity contribution in [3.05, 3.63) is 200 Å². The summed E-state index contributed by atoms with van der Waals surface area (Å²) in [4.78, 5) is 16.1. The normalized spacial score (nSPS) is 11.7.